The Morgan fingerprint density at radius 2 is 1.92 bits per heavy atom. The van der Waals surface area contributed by atoms with Gasteiger partial charge in [-0.15, -0.1) is 0 Å². The number of hydrogen-bond donors (Lipinski definition) is 0. The van der Waals surface area contributed by atoms with Crippen molar-refractivity contribution in [3.05, 3.63) is 64.7 Å². The first-order chi connectivity index (χ1) is 12.1. The Morgan fingerprint density at radius 3 is 2.60 bits per heavy atom. The van der Waals surface area contributed by atoms with Crippen LogP contribution in [-0.4, -0.2) is 27.3 Å². The molecule has 0 fully saturated rings. The topological polar surface area (TPSA) is 26.3 Å². The van der Waals surface area contributed by atoms with Crippen LogP contribution in [0.5, 0.6) is 5.75 Å². The van der Waals surface area contributed by atoms with Gasteiger partial charge in [-0.25, -0.2) is 0 Å². The molecule has 2 aromatic rings. The van der Waals surface area contributed by atoms with Crippen LogP contribution in [0.1, 0.15) is 53.7 Å². The van der Waals surface area contributed by atoms with Gasteiger partial charge in [0.15, 0.2) is 0 Å². The fourth-order valence-corrected chi connectivity index (χ4v) is 5.66. The van der Waals surface area contributed by atoms with Crippen LogP contribution in [0.4, 0.5) is 0 Å². The summed E-state index contributed by atoms with van der Waals surface area (Å²) in [7, 11) is 0. The number of fused-ring (bicyclic) bond motifs is 1. The molecule has 0 N–H and O–H groups in total. The molecule has 0 aliphatic carbocycles. The van der Waals surface area contributed by atoms with E-state index in [1.807, 2.05) is 12.1 Å². The average Bonchev–Trinajstić information content (AvgIpc) is 2.62. The van der Waals surface area contributed by atoms with Crippen molar-refractivity contribution in [2.24, 2.45) is 0 Å². The number of benzene rings is 2. The number of carbonyl (C=O) groups is 1. The van der Waals surface area contributed by atoms with Crippen LogP contribution in [0.25, 0.3) is 10.0 Å². The normalized spacial score (nSPS) is 13.4. The molecule has 25 heavy (non-hydrogen) atoms. The van der Waals surface area contributed by atoms with Crippen LogP contribution < -0.4 is 4.74 Å². The molecule has 2 aromatic carbocycles. The molecule has 0 spiro atoms. The number of ketones is 1. The number of rotatable bonds is 6. The van der Waals surface area contributed by atoms with Crippen molar-refractivity contribution in [2.75, 3.05) is 6.61 Å². The van der Waals surface area contributed by atoms with E-state index in [2.05, 4.69) is 44.2 Å². The van der Waals surface area contributed by atoms with Gasteiger partial charge in [0.25, 0.3) is 0 Å². The zero-order valence-corrected chi connectivity index (χ0v) is 16.8. The predicted molar refractivity (Wildman–Crippen MR) is 105 cm³/mol. The molecule has 3 rings (SSSR count). The molecule has 3 heteroatoms. The molecule has 0 saturated heterocycles. The fraction of sp³-hybridized carbons (Fsp3) is 0.318. The van der Waals surface area contributed by atoms with E-state index in [0.29, 0.717) is 21.6 Å². The molecule has 0 amide bonds. The number of carbonyl (C=O) groups excluding carboxylic acids is 1. The first kappa shape index (κ1) is 18.0. The van der Waals surface area contributed by atoms with Crippen LogP contribution in [0.15, 0.2) is 42.5 Å². The minimum atomic E-state index is 0.105. The maximum atomic E-state index is 11.5. The van der Waals surface area contributed by atoms with E-state index in [0.717, 1.165) is 11.3 Å². The van der Waals surface area contributed by atoms with E-state index in [4.69, 9.17) is 4.74 Å². The number of ether oxygens (including phenoxy) is 1. The summed E-state index contributed by atoms with van der Waals surface area (Å²) in [6.07, 6.45) is 2.50. The van der Waals surface area contributed by atoms with Crippen molar-refractivity contribution in [3.63, 3.8) is 0 Å². The molecule has 0 bridgehead atoms. The molecular formula is C22H24O2Se. The van der Waals surface area contributed by atoms with E-state index < -0.39 is 0 Å². The molecule has 0 saturated carbocycles. The monoisotopic (exact) mass is 400 g/mol. The Balaban J connectivity index is 2.04. The van der Waals surface area contributed by atoms with Crippen molar-refractivity contribution in [1.29, 1.82) is 0 Å². The van der Waals surface area contributed by atoms with E-state index in [1.165, 1.54) is 44.9 Å². The zero-order valence-electron chi connectivity index (χ0n) is 15.1. The van der Waals surface area contributed by atoms with Crippen LogP contribution in [-0.2, 0) is 0 Å². The second-order valence-corrected chi connectivity index (χ2v) is 8.75. The minimum absolute atomic E-state index is 0.105. The predicted octanol–water partition coefficient (Wildman–Crippen LogP) is 5.38. The van der Waals surface area contributed by atoms with E-state index in [1.54, 1.807) is 6.92 Å². The van der Waals surface area contributed by atoms with Gasteiger partial charge in [0.1, 0.15) is 0 Å². The molecule has 0 radical (unpaired) electrons. The SMILES string of the molecule is CCCC[Se]C1=C(c2ccc(C(C)=O)cc2)COc2ccc(C)cc21. The molecule has 0 aromatic heterocycles. The summed E-state index contributed by atoms with van der Waals surface area (Å²) in [6.45, 7) is 6.59. The standard InChI is InChI=1S/C22H24O2Se/c1-4-5-12-25-22-19-13-15(2)6-11-21(19)24-14-20(22)18-9-7-17(8-10-18)16(3)23/h6-11,13H,4-5,12,14H2,1-3H3. The van der Waals surface area contributed by atoms with Gasteiger partial charge < -0.3 is 0 Å². The molecule has 1 aliphatic rings. The van der Waals surface area contributed by atoms with Crippen molar-refractivity contribution in [2.45, 2.75) is 38.9 Å². The summed E-state index contributed by atoms with van der Waals surface area (Å²) in [5, 5.41) is 1.25. The molecule has 130 valence electrons. The second-order valence-electron chi connectivity index (χ2n) is 6.43. The first-order valence-electron chi connectivity index (χ1n) is 8.81. The van der Waals surface area contributed by atoms with Crippen LogP contribution in [0.3, 0.4) is 0 Å². The molecule has 1 heterocycles. The summed E-state index contributed by atoms with van der Waals surface area (Å²) in [6, 6.07) is 14.4. The van der Waals surface area contributed by atoms with E-state index in [9.17, 15) is 4.79 Å². The first-order valence-corrected chi connectivity index (χ1v) is 10.9. The van der Waals surface area contributed by atoms with Crippen molar-refractivity contribution >= 4 is 30.8 Å². The summed E-state index contributed by atoms with van der Waals surface area (Å²) in [5.74, 6) is 1.11. The molecule has 1 aliphatic heterocycles. The fourth-order valence-electron chi connectivity index (χ4n) is 2.93. The number of hydrogen-bond acceptors (Lipinski definition) is 2. The third-order valence-electron chi connectivity index (χ3n) is 4.41. The van der Waals surface area contributed by atoms with Crippen LogP contribution >= 0.6 is 0 Å². The quantitative estimate of drug-likeness (QED) is 0.370. The zero-order chi connectivity index (χ0) is 17.8. The van der Waals surface area contributed by atoms with Crippen molar-refractivity contribution < 1.29 is 9.53 Å². The van der Waals surface area contributed by atoms with Crippen LogP contribution in [0, 0.1) is 6.92 Å². The molecule has 0 atom stereocenters. The molecule has 0 unspecified atom stereocenters. The van der Waals surface area contributed by atoms with E-state index in [-0.39, 0.29) is 5.78 Å². The molecule has 2 nitrogen and oxygen atoms in total. The maximum absolute atomic E-state index is 11.5. The van der Waals surface area contributed by atoms with Gasteiger partial charge >= 0.3 is 156 Å². The Morgan fingerprint density at radius 1 is 1.16 bits per heavy atom. The Labute approximate surface area is 156 Å². The average molecular weight is 399 g/mol. The number of Topliss-reactive ketones (excluding diaryl/α,β-unsaturated/α-hetero) is 1. The third-order valence-corrected chi connectivity index (χ3v) is 7.03. The summed E-state index contributed by atoms with van der Waals surface area (Å²) < 4.78 is 7.50. The Bertz CT molecular complexity index is 803. The summed E-state index contributed by atoms with van der Waals surface area (Å²) in [5.41, 5.74) is 5.73. The summed E-state index contributed by atoms with van der Waals surface area (Å²) >= 11 is 0.427. The van der Waals surface area contributed by atoms with Gasteiger partial charge in [0, 0.05) is 0 Å². The Kier molecular flexibility index (Phi) is 5.78. The number of aryl methyl sites for hydroxylation is 1. The van der Waals surface area contributed by atoms with Gasteiger partial charge in [0.05, 0.1) is 0 Å². The number of unbranched alkanes of at least 4 members (excludes halogenated alkanes) is 1. The van der Waals surface area contributed by atoms with Crippen molar-refractivity contribution in [1.82, 2.24) is 0 Å². The summed E-state index contributed by atoms with van der Waals surface area (Å²) in [4.78, 5) is 11.5. The molecular weight excluding hydrogens is 375 g/mol. The second kappa shape index (κ2) is 8.03. The van der Waals surface area contributed by atoms with Gasteiger partial charge in [-0.1, -0.05) is 0 Å². The van der Waals surface area contributed by atoms with Crippen molar-refractivity contribution in [3.8, 4) is 5.75 Å². The third kappa shape index (κ3) is 4.05. The van der Waals surface area contributed by atoms with Gasteiger partial charge in [-0.05, 0) is 0 Å². The Hall–Kier alpha value is -1.83. The van der Waals surface area contributed by atoms with Gasteiger partial charge in [0.2, 0.25) is 0 Å². The van der Waals surface area contributed by atoms with E-state index >= 15 is 0 Å². The van der Waals surface area contributed by atoms with Crippen LogP contribution in [0.2, 0.25) is 5.32 Å². The van der Waals surface area contributed by atoms with Gasteiger partial charge in [-0.2, -0.15) is 0 Å². The van der Waals surface area contributed by atoms with Gasteiger partial charge in [-0.3, -0.25) is 0 Å².